The van der Waals surface area contributed by atoms with Crippen molar-refractivity contribution in [1.29, 1.82) is 0 Å². The van der Waals surface area contributed by atoms with Crippen molar-refractivity contribution in [2.75, 3.05) is 26.4 Å². The average molecular weight is 619 g/mol. The highest BCUT2D eigenvalue weighted by Crippen LogP contribution is 2.46. The molecule has 5 heterocycles. The molecule has 2 bridgehead atoms. The minimum absolute atomic E-state index is 0.0428. The lowest BCUT2D eigenvalue weighted by Gasteiger charge is -2.45. The molecule has 0 aliphatic carbocycles. The Balaban J connectivity index is 1.37. The Hall–Kier alpha value is -4.05. The predicted octanol–water partition coefficient (Wildman–Crippen LogP) is 5.04. The van der Waals surface area contributed by atoms with Crippen LogP contribution < -0.4 is 14.8 Å². The minimum atomic E-state index is -0.806. The molecule has 0 radical (unpaired) electrons. The number of nitrogens with one attached hydrogen (secondary N) is 1. The summed E-state index contributed by atoms with van der Waals surface area (Å²) in [5.74, 6) is -0.730. The minimum Gasteiger partial charge on any atom is -0.507 e. The van der Waals surface area contributed by atoms with Crippen LogP contribution in [0.25, 0.3) is 6.08 Å². The Morgan fingerprint density at radius 3 is 2.60 bits per heavy atom. The van der Waals surface area contributed by atoms with Gasteiger partial charge in [0.15, 0.2) is 11.5 Å². The van der Waals surface area contributed by atoms with Gasteiger partial charge in [0.1, 0.15) is 22.8 Å². The van der Waals surface area contributed by atoms with Gasteiger partial charge in [-0.05, 0) is 93.8 Å². The highest BCUT2D eigenvalue weighted by atomic mass is 16.7. The Labute approximate surface area is 263 Å². The fourth-order valence-electron chi connectivity index (χ4n) is 7.12. The van der Waals surface area contributed by atoms with Gasteiger partial charge in [-0.2, -0.15) is 0 Å². The second kappa shape index (κ2) is 13.5. The van der Waals surface area contributed by atoms with E-state index in [1.165, 1.54) is 6.07 Å². The van der Waals surface area contributed by atoms with Crippen LogP contribution in [0.2, 0.25) is 0 Å². The van der Waals surface area contributed by atoms with Gasteiger partial charge in [0.2, 0.25) is 12.7 Å². The monoisotopic (exact) mass is 618 g/mol. The molecule has 240 valence electrons. The van der Waals surface area contributed by atoms with E-state index in [9.17, 15) is 24.6 Å². The highest BCUT2D eigenvalue weighted by Gasteiger charge is 2.36. The molecular formula is C35H42N2O8. The molecule has 3 saturated heterocycles. The number of aromatic hydroxyl groups is 2. The maximum atomic E-state index is 13.7. The summed E-state index contributed by atoms with van der Waals surface area (Å²) in [6, 6.07) is 6.76. The second-order valence-electron chi connectivity index (χ2n) is 12.7. The van der Waals surface area contributed by atoms with Crippen LogP contribution in [0.15, 0.2) is 30.3 Å². The van der Waals surface area contributed by atoms with Gasteiger partial charge in [-0.1, -0.05) is 18.2 Å². The molecule has 5 aliphatic heterocycles. The number of ketones is 1. The number of hydrogen-bond acceptors (Lipinski definition) is 9. The summed E-state index contributed by atoms with van der Waals surface area (Å²) in [6.45, 7) is 4.74. The number of phenolic OH excluding ortho intramolecular Hbond substituents is 2. The number of carbonyl (C=O) groups is 3. The molecule has 10 nitrogen and oxygen atoms in total. The number of fused-ring (bicyclic) bond motifs is 5. The number of piperidine rings is 3. The third-order valence-corrected chi connectivity index (χ3v) is 9.59. The number of cyclic esters (lactones) is 1. The Kier molecular flexibility index (Phi) is 9.30. The molecule has 2 unspecified atom stereocenters. The van der Waals surface area contributed by atoms with Gasteiger partial charge in [-0.25, -0.2) is 4.79 Å². The number of allylic oxidation sites excluding steroid dienone is 1. The number of nitrogens with zero attached hydrogens (tertiary/aromatic N) is 1. The molecular weight excluding hydrogens is 576 g/mol. The van der Waals surface area contributed by atoms with Crippen molar-refractivity contribution in [1.82, 2.24) is 10.2 Å². The summed E-state index contributed by atoms with van der Waals surface area (Å²) in [5, 5.41) is 26.5. The number of esters is 1. The first kappa shape index (κ1) is 31.0. The van der Waals surface area contributed by atoms with Crippen molar-refractivity contribution in [2.24, 2.45) is 5.92 Å². The van der Waals surface area contributed by atoms with Crippen molar-refractivity contribution in [3.8, 4) is 23.0 Å². The number of benzene rings is 2. The first-order valence-electron chi connectivity index (χ1n) is 16.2. The quantitative estimate of drug-likeness (QED) is 0.394. The maximum Gasteiger partial charge on any atom is 0.342 e. The number of ether oxygens (including phenoxy) is 3. The summed E-state index contributed by atoms with van der Waals surface area (Å²) in [7, 11) is 0. The van der Waals surface area contributed by atoms with E-state index in [2.05, 4.69) is 10.2 Å². The van der Waals surface area contributed by atoms with Crippen molar-refractivity contribution in [3.63, 3.8) is 0 Å². The van der Waals surface area contributed by atoms with Crippen molar-refractivity contribution < 1.29 is 38.8 Å². The Bertz CT molecular complexity index is 1480. The van der Waals surface area contributed by atoms with Gasteiger partial charge in [-0.3, -0.25) is 9.59 Å². The first-order chi connectivity index (χ1) is 21.8. The molecule has 45 heavy (non-hydrogen) atoms. The summed E-state index contributed by atoms with van der Waals surface area (Å²) in [4.78, 5) is 41.8. The lowest BCUT2D eigenvalue weighted by molar-refractivity contribution is -0.123. The third kappa shape index (κ3) is 6.96. The van der Waals surface area contributed by atoms with E-state index in [4.69, 9.17) is 14.2 Å². The average Bonchev–Trinajstić information content (AvgIpc) is 3.48. The number of Topliss-reactive ketones (excluding diaryl/α,β-unsaturated/α-hetero) is 1. The van der Waals surface area contributed by atoms with Crippen LogP contribution in [-0.2, 0) is 14.3 Å². The fraction of sp³-hybridized carbons (Fsp3) is 0.514. The summed E-state index contributed by atoms with van der Waals surface area (Å²) < 4.78 is 16.8. The lowest BCUT2D eigenvalue weighted by atomic mass is 9.82. The van der Waals surface area contributed by atoms with Crippen LogP contribution in [-0.4, -0.2) is 71.3 Å². The van der Waals surface area contributed by atoms with E-state index in [0.29, 0.717) is 67.1 Å². The van der Waals surface area contributed by atoms with Crippen LogP contribution in [0.4, 0.5) is 0 Å². The molecule has 10 heteroatoms. The molecule has 7 rings (SSSR count). The standard InChI is InChI=1S/C35H42N2O8/c1-21-6-5-9-25(38)8-4-2-3-7-24-16-28(39)33(34(41)32(24)35(42)45-21)26(23-10-11-29-30(17-23)44-20-43-29)18-31(40)36-27-19-37-14-12-22(27)13-15-37/h3,7,10-11,16-17,21-22,26-27,39,41H,2,4-6,8-9,12-15,18-20H2,1H3,(H,36,40)/t21-,26?,27?/m0/s1. The topological polar surface area (TPSA) is 135 Å². The summed E-state index contributed by atoms with van der Waals surface area (Å²) in [6.07, 6.45) is 8.31. The Morgan fingerprint density at radius 1 is 1.04 bits per heavy atom. The van der Waals surface area contributed by atoms with E-state index in [0.717, 1.165) is 32.5 Å². The number of amides is 1. The molecule has 1 amide bonds. The van der Waals surface area contributed by atoms with Crippen LogP contribution in [0.3, 0.4) is 0 Å². The molecule has 0 aromatic heterocycles. The van der Waals surface area contributed by atoms with Gasteiger partial charge in [0, 0.05) is 43.3 Å². The summed E-state index contributed by atoms with van der Waals surface area (Å²) >= 11 is 0. The highest BCUT2D eigenvalue weighted by molar-refractivity contribution is 5.98. The van der Waals surface area contributed by atoms with Gasteiger partial charge < -0.3 is 34.6 Å². The van der Waals surface area contributed by atoms with E-state index >= 15 is 0 Å². The van der Waals surface area contributed by atoms with Gasteiger partial charge in [0.05, 0.1) is 6.10 Å². The SMILES string of the molecule is C[C@H]1CCCC(=O)CCCC=Cc2cc(O)c(C(CC(=O)NC3CN4CCC3CC4)c3ccc4c(c3)OCO4)c(O)c2C(=O)O1. The number of carbonyl (C=O) groups excluding carboxylic acids is 3. The predicted molar refractivity (Wildman–Crippen MR) is 167 cm³/mol. The largest absolute Gasteiger partial charge is 0.507 e. The summed E-state index contributed by atoms with van der Waals surface area (Å²) in [5.41, 5.74) is 0.927. The molecule has 3 atom stereocenters. The number of rotatable bonds is 5. The van der Waals surface area contributed by atoms with Crippen molar-refractivity contribution >= 4 is 23.7 Å². The van der Waals surface area contributed by atoms with Crippen molar-refractivity contribution in [3.05, 3.63) is 52.6 Å². The van der Waals surface area contributed by atoms with E-state index in [1.54, 1.807) is 31.2 Å². The van der Waals surface area contributed by atoms with Crippen LogP contribution in [0.5, 0.6) is 23.0 Å². The van der Waals surface area contributed by atoms with Gasteiger partial charge in [-0.15, -0.1) is 0 Å². The van der Waals surface area contributed by atoms with Crippen molar-refractivity contribution in [2.45, 2.75) is 82.8 Å². The van der Waals surface area contributed by atoms with E-state index in [-0.39, 0.29) is 47.8 Å². The molecule has 3 fully saturated rings. The molecule has 2 aromatic carbocycles. The Morgan fingerprint density at radius 2 is 1.82 bits per heavy atom. The zero-order chi connectivity index (χ0) is 31.5. The van der Waals surface area contributed by atoms with E-state index in [1.807, 2.05) is 6.08 Å². The number of hydrogen-bond donors (Lipinski definition) is 3. The molecule has 0 saturated carbocycles. The normalized spacial score (nSPS) is 25.6. The van der Waals surface area contributed by atoms with Crippen LogP contribution in [0, 0.1) is 5.92 Å². The molecule has 5 aliphatic rings. The lowest BCUT2D eigenvalue weighted by Crippen LogP contribution is -2.57. The second-order valence-corrected chi connectivity index (χ2v) is 12.7. The van der Waals surface area contributed by atoms with Crippen LogP contribution in [0.1, 0.15) is 97.7 Å². The maximum absolute atomic E-state index is 13.7. The third-order valence-electron chi connectivity index (χ3n) is 9.59. The first-order valence-corrected chi connectivity index (χ1v) is 16.2. The zero-order valence-electron chi connectivity index (χ0n) is 25.8. The fourth-order valence-corrected chi connectivity index (χ4v) is 7.12. The molecule has 2 aromatic rings. The molecule has 0 spiro atoms. The van der Waals surface area contributed by atoms with Crippen LogP contribution >= 0.6 is 0 Å². The van der Waals surface area contributed by atoms with Gasteiger partial charge >= 0.3 is 5.97 Å². The van der Waals surface area contributed by atoms with E-state index < -0.39 is 23.7 Å². The van der Waals surface area contributed by atoms with Gasteiger partial charge in [0.25, 0.3) is 0 Å². The number of phenols is 2. The smallest absolute Gasteiger partial charge is 0.342 e. The zero-order valence-corrected chi connectivity index (χ0v) is 25.8. The molecule has 3 N–H and O–H groups in total.